The average Bonchev–Trinajstić information content (AvgIpc) is 2.85. The molecule has 4 N–H and O–H groups in total. The Morgan fingerprint density at radius 1 is 1.32 bits per heavy atom. The van der Waals surface area contributed by atoms with Gasteiger partial charge in [0.1, 0.15) is 23.1 Å². The first-order valence-corrected chi connectivity index (χ1v) is 6.40. The number of aromatic amines is 1. The van der Waals surface area contributed by atoms with Crippen LogP contribution < -0.4 is 11.1 Å². The Bertz CT molecular complexity index is 896. The Morgan fingerprint density at radius 2 is 2.09 bits per heavy atom. The molecule has 2 aromatic heterocycles. The second-order valence-electron chi connectivity index (χ2n) is 4.38. The van der Waals surface area contributed by atoms with E-state index in [2.05, 4.69) is 20.3 Å². The topological polar surface area (TPSA) is 96.7 Å². The van der Waals surface area contributed by atoms with Gasteiger partial charge in [0.05, 0.1) is 16.6 Å². The molecule has 0 aliphatic heterocycles. The molecule has 22 heavy (non-hydrogen) atoms. The summed E-state index contributed by atoms with van der Waals surface area (Å²) in [6, 6.07) is 3.16. The second kappa shape index (κ2) is 5.23. The number of carbonyl (C=O) groups excluding carboxylic acids is 1. The van der Waals surface area contributed by atoms with Gasteiger partial charge in [-0.2, -0.15) is 9.97 Å². The van der Waals surface area contributed by atoms with Gasteiger partial charge in [0, 0.05) is 12.3 Å². The number of nitrogens with two attached hydrogens (primary N) is 1. The zero-order valence-electron chi connectivity index (χ0n) is 10.8. The van der Waals surface area contributed by atoms with Gasteiger partial charge in [-0.05, 0) is 23.7 Å². The molecule has 0 aliphatic rings. The number of amides is 1. The van der Waals surface area contributed by atoms with E-state index >= 15 is 0 Å². The number of carbonyl (C=O) groups is 1. The van der Waals surface area contributed by atoms with Crippen LogP contribution in [0, 0.1) is 11.6 Å². The van der Waals surface area contributed by atoms with Gasteiger partial charge in [-0.15, -0.1) is 0 Å². The lowest BCUT2D eigenvalue weighted by Crippen LogP contribution is -2.16. The van der Waals surface area contributed by atoms with Crippen molar-refractivity contribution in [2.24, 2.45) is 5.73 Å². The second-order valence-corrected chi connectivity index (χ2v) is 4.72. The van der Waals surface area contributed by atoms with Crippen molar-refractivity contribution in [2.75, 3.05) is 5.32 Å². The van der Waals surface area contributed by atoms with Gasteiger partial charge in [-0.3, -0.25) is 4.79 Å². The maximum absolute atomic E-state index is 13.8. The van der Waals surface area contributed by atoms with Crippen LogP contribution in [-0.2, 0) is 0 Å². The number of fused-ring (bicyclic) bond motifs is 1. The summed E-state index contributed by atoms with van der Waals surface area (Å²) >= 11 is 5.79. The van der Waals surface area contributed by atoms with E-state index < -0.39 is 23.1 Å². The molecule has 1 amide bonds. The molecule has 0 fully saturated rings. The van der Waals surface area contributed by atoms with Crippen LogP contribution in [0.5, 0.6) is 0 Å². The number of primary amides is 1. The van der Waals surface area contributed by atoms with E-state index in [1.807, 2.05) is 0 Å². The smallest absolute Gasteiger partial charge is 0.253 e. The normalized spacial score (nSPS) is 10.9. The Hall–Kier alpha value is -2.74. The van der Waals surface area contributed by atoms with Crippen LogP contribution in [-0.4, -0.2) is 20.9 Å². The first-order chi connectivity index (χ1) is 10.5. The van der Waals surface area contributed by atoms with Crippen molar-refractivity contribution in [3.05, 3.63) is 46.9 Å². The van der Waals surface area contributed by atoms with Gasteiger partial charge in [-0.25, -0.2) is 8.78 Å². The largest absolute Gasteiger partial charge is 0.365 e. The highest BCUT2D eigenvalue weighted by atomic mass is 35.5. The summed E-state index contributed by atoms with van der Waals surface area (Å²) in [5.74, 6) is -2.79. The molecule has 0 bridgehead atoms. The van der Waals surface area contributed by atoms with Crippen molar-refractivity contribution in [3.63, 3.8) is 0 Å². The molecular formula is C13H8ClF2N5O. The molecule has 0 atom stereocenters. The van der Waals surface area contributed by atoms with E-state index in [0.717, 1.165) is 6.07 Å². The van der Waals surface area contributed by atoms with Crippen LogP contribution >= 0.6 is 11.6 Å². The lowest BCUT2D eigenvalue weighted by atomic mass is 10.1. The predicted molar refractivity (Wildman–Crippen MR) is 77.1 cm³/mol. The monoisotopic (exact) mass is 323 g/mol. The number of halogens is 3. The van der Waals surface area contributed by atoms with Gasteiger partial charge in [0.15, 0.2) is 0 Å². The third-order valence-corrected chi connectivity index (χ3v) is 3.11. The lowest BCUT2D eigenvalue weighted by Gasteiger charge is -2.11. The van der Waals surface area contributed by atoms with E-state index in [1.165, 1.54) is 0 Å². The van der Waals surface area contributed by atoms with Crippen LogP contribution in [0.25, 0.3) is 11.0 Å². The Morgan fingerprint density at radius 3 is 2.82 bits per heavy atom. The summed E-state index contributed by atoms with van der Waals surface area (Å²) in [6.07, 6.45) is 1.60. The maximum Gasteiger partial charge on any atom is 0.253 e. The molecule has 3 rings (SSSR count). The molecule has 9 heteroatoms. The van der Waals surface area contributed by atoms with E-state index in [1.54, 1.807) is 12.3 Å². The zero-order chi connectivity index (χ0) is 15.9. The summed E-state index contributed by atoms with van der Waals surface area (Å²) in [7, 11) is 0. The summed E-state index contributed by atoms with van der Waals surface area (Å²) in [5, 5.41) is 3.13. The highest BCUT2D eigenvalue weighted by molar-refractivity contribution is 6.28. The summed E-state index contributed by atoms with van der Waals surface area (Å²) in [5.41, 5.74) is 4.94. The van der Waals surface area contributed by atoms with Crippen molar-refractivity contribution in [2.45, 2.75) is 0 Å². The molecule has 1 aromatic carbocycles. The minimum atomic E-state index is -1.07. The summed E-state index contributed by atoms with van der Waals surface area (Å²) in [4.78, 5) is 22.1. The fourth-order valence-electron chi connectivity index (χ4n) is 2.06. The molecule has 0 spiro atoms. The molecule has 6 nitrogen and oxygen atoms in total. The fraction of sp³-hybridized carbons (Fsp3) is 0. The Labute approximate surface area is 127 Å². The first kappa shape index (κ1) is 14.2. The number of anilines is 2. The van der Waals surface area contributed by atoms with Crippen molar-refractivity contribution in [3.8, 4) is 0 Å². The molecule has 3 aromatic rings. The van der Waals surface area contributed by atoms with Crippen LogP contribution in [0.2, 0.25) is 5.28 Å². The molecular weight excluding hydrogens is 316 g/mol. The van der Waals surface area contributed by atoms with E-state index in [-0.39, 0.29) is 16.8 Å². The maximum atomic E-state index is 13.8. The predicted octanol–water partition coefficient (Wildman–Crippen LogP) is 2.73. The number of hydrogen-bond acceptors (Lipinski definition) is 4. The van der Waals surface area contributed by atoms with Gasteiger partial charge in [0.2, 0.25) is 5.28 Å². The molecule has 0 aliphatic carbocycles. The first-order valence-electron chi connectivity index (χ1n) is 6.02. The quantitative estimate of drug-likeness (QED) is 0.646. The average molecular weight is 324 g/mol. The van der Waals surface area contributed by atoms with Crippen molar-refractivity contribution in [1.82, 2.24) is 15.0 Å². The number of nitrogens with zero attached hydrogens (tertiary/aromatic N) is 2. The van der Waals surface area contributed by atoms with Gasteiger partial charge in [0.25, 0.3) is 5.91 Å². The fourth-order valence-corrected chi connectivity index (χ4v) is 2.23. The molecule has 2 heterocycles. The van der Waals surface area contributed by atoms with E-state index in [0.29, 0.717) is 17.1 Å². The highest BCUT2D eigenvalue weighted by Crippen LogP contribution is 2.28. The SMILES string of the molecule is NC(=O)c1c(F)cc(F)cc1Nc1nc(Cl)nc2[nH]ccc12. The molecule has 0 radical (unpaired) electrons. The van der Waals surface area contributed by atoms with Crippen LogP contribution in [0.3, 0.4) is 0 Å². The highest BCUT2D eigenvalue weighted by Gasteiger charge is 2.18. The minimum absolute atomic E-state index is 0.0741. The van der Waals surface area contributed by atoms with Gasteiger partial charge < -0.3 is 16.0 Å². The number of benzene rings is 1. The number of H-pyrrole nitrogens is 1. The number of aromatic nitrogens is 3. The summed E-state index contributed by atoms with van der Waals surface area (Å²) < 4.78 is 27.2. The van der Waals surface area contributed by atoms with E-state index in [9.17, 15) is 13.6 Å². The number of nitrogens with one attached hydrogen (secondary N) is 2. The lowest BCUT2D eigenvalue weighted by molar-refractivity contribution is 0.0997. The van der Waals surface area contributed by atoms with Crippen molar-refractivity contribution < 1.29 is 13.6 Å². The van der Waals surface area contributed by atoms with Crippen LogP contribution in [0.15, 0.2) is 24.4 Å². The number of rotatable bonds is 3. The Kier molecular flexibility index (Phi) is 3.38. The zero-order valence-corrected chi connectivity index (χ0v) is 11.6. The summed E-state index contributed by atoms with van der Waals surface area (Å²) in [6.45, 7) is 0. The van der Waals surface area contributed by atoms with E-state index in [4.69, 9.17) is 17.3 Å². The molecule has 0 unspecified atom stereocenters. The molecule has 112 valence electrons. The van der Waals surface area contributed by atoms with Gasteiger partial charge in [-0.1, -0.05) is 0 Å². The van der Waals surface area contributed by atoms with Crippen LogP contribution in [0.4, 0.5) is 20.3 Å². The Balaban J connectivity index is 2.16. The standard InChI is InChI=1S/C13H8ClF2N5O/c14-13-20-11-6(1-2-18-11)12(21-13)19-8-4-5(15)3-7(16)9(8)10(17)22/h1-4H,(H2,17,22)(H2,18,19,20,21). The minimum Gasteiger partial charge on any atom is -0.365 e. The molecule has 0 saturated heterocycles. The number of hydrogen-bond donors (Lipinski definition) is 3. The van der Waals surface area contributed by atoms with Gasteiger partial charge >= 0.3 is 0 Å². The molecule has 0 saturated carbocycles. The van der Waals surface area contributed by atoms with Crippen molar-refractivity contribution >= 4 is 40.0 Å². The van der Waals surface area contributed by atoms with Crippen LogP contribution in [0.1, 0.15) is 10.4 Å². The third kappa shape index (κ3) is 2.44. The third-order valence-electron chi connectivity index (χ3n) is 2.94. The van der Waals surface area contributed by atoms with Crippen molar-refractivity contribution in [1.29, 1.82) is 0 Å².